The Morgan fingerprint density at radius 2 is 1.89 bits per heavy atom. The second-order valence-corrected chi connectivity index (χ2v) is 7.32. The lowest BCUT2D eigenvalue weighted by atomic mass is 10.1. The Balaban J connectivity index is 1.76. The summed E-state index contributed by atoms with van der Waals surface area (Å²) in [6, 6.07) is 19.5. The third kappa shape index (κ3) is 4.40. The number of nitrogens with one attached hydrogen (secondary N) is 1. The fraction of sp³-hybridized carbons (Fsp3) is 0.182. The van der Waals surface area contributed by atoms with E-state index in [2.05, 4.69) is 43.2 Å². The Morgan fingerprint density at radius 3 is 2.57 bits per heavy atom. The summed E-state index contributed by atoms with van der Waals surface area (Å²) in [6.07, 6.45) is 0.958. The van der Waals surface area contributed by atoms with E-state index < -0.39 is 6.10 Å². The first-order valence-electron chi connectivity index (χ1n) is 8.87. The predicted molar refractivity (Wildman–Crippen MR) is 115 cm³/mol. The number of hydrazone groups is 1. The van der Waals surface area contributed by atoms with Gasteiger partial charge in [0, 0.05) is 34.2 Å². The normalized spacial score (nSPS) is 12.3. The lowest BCUT2D eigenvalue weighted by Crippen LogP contribution is -2.26. The summed E-state index contributed by atoms with van der Waals surface area (Å²) in [4.78, 5) is 12.4. The molecule has 0 saturated heterocycles. The van der Waals surface area contributed by atoms with Crippen LogP contribution in [0.15, 0.2) is 70.2 Å². The molecule has 3 rings (SSSR count). The van der Waals surface area contributed by atoms with Crippen LogP contribution in [0.5, 0.6) is 0 Å². The number of amides is 1. The minimum Gasteiger partial charge on any atom is -0.367 e. The zero-order valence-corrected chi connectivity index (χ0v) is 17.6. The number of hydrogen-bond acceptors (Lipinski definition) is 3. The SMILES string of the molecule is COC(C(=O)N/N=C/c1cc(C)n(-c2cccc(Br)c2)c1C)c1ccccc1. The Kier molecular flexibility index (Phi) is 6.44. The van der Waals surface area contributed by atoms with Crippen molar-refractivity contribution in [3.63, 3.8) is 0 Å². The van der Waals surface area contributed by atoms with Gasteiger partial charge in [0.2, 0.25) is 0 Å². The molecule has 2 aromatic carbocycles. The molecular formula is C22H22BrN3O2. The van der Waals surface area contributed by atoms with Crippen LogP contribution in [0.2, 0.25) is 0 Å². The number of hydrogen-bond donors (Lipinski definition) is 1. The van der Waals surface area contributed by atoms with E-state index >= 15 is 0 Å². The third-order valence-corrected chi connectivity index (χ3v) is 4.98. The highest BCUT2D eigenvalue weighted by Crippen LogP contribution is 2.22. The van der Waals surface area contributed by atoms with Gasteiger partial charge in [-0.15, -0.1) is 0 Å². The molecule has 0 saturated carbocycles. The van der Waals surface area contributed by atoms with Gasteiger partial charge in [0.15, 0.2) is 6.10 Å². The second-order valence-electron chi connectivity index (χ2n) is 6.40. The van der Waals surface area contributed by atoms with Gasteiger partial charge in [0.1, 0.15) is 0 Å². The van der Waals surface area contributed by atoms with Crippen molar-refractivity contribution in [2.24, 2.45) is 5.10 Å². The fourth-order valence-corrected chi connectivity index (χ4v) is 3.56. The molecule has 0 aliphatic carbocycles. The van der Waals surface area contributed by atoms with E-state index in [4.69, 9.17) is 4.74 Å². The lowest BCUT2D eigenvalue weighted by molar-refractivity contribution is -0.131. The van der Waals surface area contributed by atoms with Crippen LogP contribution in [0.1, 0.15) is 28.6 Å². The van der Waals surface area contributed by atoms with E-state index in [0.717, 1.165) is 32.7 Å². The Labute approximate surface area is 173 Å². The number of aryl methyl sites for hydroxylation is 1. The molecule has 0 aliphatic rings. The summed E-state index contributed by atoms with van der Waals surface area (Å²) >= 11 is 3.51. The summed E-state index contributed by atoms with van der Waals surface area (Å²) in [5, 5.41) is 4.14. The van der Waals surface area contributed by atoms with E-state index in [1.807, 2.05) is 62.4 Å². The van der Waals surface area contributed by atoms with E-state index in [-0.39, 0.29) is 5.91 Å². The third-order valence-electron chi connectivity index (χ3n) is 4.49. The van der Waals surface area contributed by atoms with Crippen LogP contribution in [0.3, 0.4) is 0 Å². The van der Waals surface area contributed by atoms with Gasteiger partial charge in [0.05, 0.1) is 6.21 Å². The van der Waals surface area contributed by atoms with E-state index in [0.29, 0.717) is 0 Å². The Hall–Kier alpha value is -2.70. The molecule has 0 spiro atoms. The standard InChI is InChI=1S/C22H22BrN3O2/c1-15-12-18(16(2)26(15)20-11-7-10-19(23)13-20)14-24-25-22(27)21(28-3)17-8-5-4-6-9-17/h4-14,21H,1-3H3,(H,25,27)/b24-14+. The summed E-state index contributed by atoms with van der Waals surface area (Å²) in [5.41, 5.74) is 7.49. The van der Waals surface area contributed by atoms with Crippen molar-refractivity contribution in [3.05, 3.63) is 87.7 Å². The number of rotatable bonds is 6. The van der Waals surface area contributed by atoms with Crippen LogP contribution in [0, 0.1) is 13.8 Å². The van der Waals surface area contributed by atoms with E-state index in [9.17, 15) is 4.79 Å². The van der Waals surface area contributed by atoms with Gasteiger partial charge in [-0.1, -0.05) is 52.3 Å². The average molecular weight is 440 g/mol. The van der Waals surface area contributed by atoms with Crippen molar-refractivity contribution in [2.75, 3.05) is 7.11 Å². The first kappa shape index (κ1) is 20.0. The van der Waals surface area contributed by atoms with Gasteiger partial charge in [0.25, 0.3) is 5.91 Å². The van der Waals surface area contributed by atoms with Crippen molar-refractivity contribution in [1.29, 1.82) is 0 Å². The predicted octanol–water partition coefficient (Wildman–Crippen LogP) is 4.69. The molecule has 5 nitrogen and oxygen atoms in total. The lowest BCUT2D eigenvalue weighted by Gasteiger charge is -2.13. The molecule has 1 aromatic heterocycles. The summed E-state index contributed by atoms with van der Waals surface area (Å²) < 4.78 is 8.49. The number of nitrogens with zero attached hydrogens (tertiary/aromatic N) is 2. The van der Waals surface area contributed by atoms with Crippen molar-refractivity contribution in [3.8, 4) is 5.69 Å². The van der Waals surface area contributed by atoms with E-state index in [1.165, 1.54) is 7.11 Å². The van der Waals surface area contributed by atoms with Gasteiger partial charge in [-0.05, 0) is 43.7 Å². The largest absolute Gasteiger partial charge is 0.367 e. The van der Waals surface area contributed by atoms with Gasteiger partial charge >= 0.3 is 0 Å². The minimum atomic E-state index is -0.701. The molecule has 3 aromatic rings. The Morgan fingerprint density at radius 1 is 1.14 bits per heavy atom. The van der Waals surface area contributed by atoms with Crippen LogP contribution >= 0.6 is 15.9 Å². The first-order chi connectivity index (χ1) is 13.5. The van der Waals surface area contributed by atoms with Crippen molar-refractivity contribution in [2.45, 2.75) is 20.0 Å². The highest BCUT2D eigenvalue weighted by atomic mass is 79.9. The van der Waals surface area contributed by atoms with Gasteiger partial charge in [-0.3, -0.25) is 4.79 Å². The minimum absolute atomic E-state index is 0.314. The molecule has 1 N–H and O–H groups in total. The molecular weight excluding hydrogens is 418 g/mol. The number of halogens is 1. The fourth-order valence-electron chi connectivity index (χ4n) is 3.18. The maximum Gasteiger partial charge on any atom is 0.273 e. The first-order valence-corrected chi connectivity index (χ1v) is 9.66. The van der Waals surface area contributed by atoms with Crippen LogP contribution in [0.25, 0.3) is 5.69 Å². The van der Waals surface area contributed by atoms with Crippen LogP contribution in [-0.4, -0.2) is 23.8 Å². The molecule has 1 atom stereocenters. The number of ether oxygens (including phenoxy) is 1. The number of methoxy groups -OCH3 is 1. The molecule has 144 valence electrons. The highest BCUT2D eigenvalue weighted by Gasteiger charge is 2.19. The monoisotopic (exact) mass is 439 g/mol. The molecule has 1 unspecified atom stereocenters. The molecule has 1 heterocycles. The zero-order chi connectivity index (χ0) is 20.1. The summed E-state index contributed by atoms with van der Waals surface area (Å²) in [7, 11) is 1.51. The van der Waals surface area contributed by atoms with E-state index in [1.54, 1.807) is 6.21 Å². The van der Waals surface area contributed by atoms with Crippen molar-refractivity contribution < 1.29 is 9.53 Å². The number of carbonyl (C=O) groups is 1. The summed E-state index contributed by atoms with van der Waals surface area (Å²) in [5.74, 6) is -0.314. The van der Waals surface area contributed by atoms with Gasteiger partial charge in [-0.2, -0.15) is 5.10 Å². The van der Waals surface area contributed by atoms with Crippen LogP contribution < -0.4 is 5.43 Å². The quantitative estimate of drug-likeness (QED) is 0.447. The molecule has 6 heteroatoms. The molecule has 1 amide bonds. The summed E-state index contributed by atoms with van der Waals surface area (Å²) in [6.45, 7) is 4.07. The van der Waals surface area contributed by atoms with Crippen molar-refractivity contribution in [1.82, 2.24) is 9.99 Å². The molecule has 0 bridgehead atoms. The van der Waals surface area contributed by atoms with Crippen LogP contribution in [0.4, 0.5) is 0 Å². The average Bonchev–Trinajstić information content (AvgIpc) is 2.96. The number of aromatic nitrogens is 1. The maximum absolute atomic E-state index is 12.4. The number of carbonyl (C=O) groups excluding carboxylic acids is 1. The molecule has 0 radical (unpaired) electrons. The molecule has 0 aliphatic heterocycles. The van der Waals surface area contributed by atoms with Gasteiger partial charge < -0.3 is 9.30 Å². The highest BCUT2D eigenvalue weighted by molar-refractivity contribution is 9.10. The number of benzene rings is 2. The van der Waals surface area contributed by atoms with Gasteiger partial charge in [-0.25, -0.2) is 5.43 Å². The molecule has 28 heavy (non-hydrogen) atoms. The van der Waals surface area contributed by atoms with Crippen molar-refractivity contribution >= 4 is 28.1 Å². The van der Waals surface area contributed by atoms with Crippen LogP contribution in [-0.2, 0) is 9.53 Å². The Bertz CT molecular complexity index is 996. The maximum atomic E-state index is 12.4. The zero-order valence-electron chi connectivity index (χ0n) is 16.0. The molecule has 0 fully saturated rings. The smallest absolute Gasteiger partial charge is 0.273 e. The second kappa shape index (κ2) is 8.99. The topological polar surface area (TPSA) is 55.6 Å².